The van der Waals surface area contributed by atoms with Gasteiger partial charge in [-0.05, 0) is 59.4 Å². The highest BCUT2D eigenvalue weighted by Crippen LogP contribution is 2.45. The molecule has 2 heterocycles. The molecule has 17 heavy (non-hydrogen) atoms. The minimum absolute atomic E-state index is 0.330. The Kier molecular flexibility index (Phi) is 3.01. The highest BCUT2D eigenvalue weighted by atomic mass is 79.9. The van der Waals surface area contributed by atoms with Gasteiger partial charge in [0.2, 0.25) is 6.79 Å². The molecule has 0 aliphatic carbocycles. The third-order valence-corrected chi connectivity index (χ3v) is 4.16. The molecule has 1 aromatic rings. The lowest BCUT2D eigenvalue weighted by molar-refractivity contribution is 0.173. The van der Waals surface area contributed by atoms with Gasteiger partial charge in [-0.1, -0.05) is 6.42 Å². The minimum Gasteiger partial charge on any atom is -0.453 e. The molecule has 1 N–H and O–H groups in total. The lowest BCUT2D eigenvalue weighted by atomic mass is 9.93. The van der Waals surface area contributed by atoms with Gasteiger partial charge in [0.05, 0.1) is 4.47 Å². The summed E-state index contributed by atoms with van der Waals surface area (Å²) in [5, 5.41) is 3.58. The molecule has 0 radical (unpaired) electrons. The van der Waals surface area contributed by atoms with E-state index in [1.807, 2.05) is 0 Å². The van der Waals surface area contributed by atoms with Crippen molar-refractivity contribution in [2.24, 2.45) is 0 Å². The van der Waals surface area contributed by atoms with E-state index in [1.54, 1.807) is 0 Å². The summed E-state index contributed by atoms with van der Waals surface area (Å²) >= 11 is 3.57. The first-order valence-electron chi connectivity index (χ1n) is 6.09. The minimum atomic E-state index is 0.330. The van der Waals surface area contributed by atoms with Crippen molar-refractivity contribution in [3.63, 3.8) is 0 Å². The van der Waals surface area contributed by atoms with Crippen LogP contribution in [0, 0.1) is 6.92 Å². The Hall–Kier alpha value is -0.740. The van der Waals surface area contributed by atoms with Crippen molar-refractivity contribution in [1.29, 1.82) is 0 Å². The van der Waals surface area contributed by atoms with E-state index in [4.69, 9.17) is 9.47 Å². The second kappa shape index (κ2) is 4.50. The number of rotatable bonds is 1. The van der Waals surface area contributed by atoms with Gasteiger partial charge in [-0.3, -0.25) is 0 Å². The molecular formula is C13H16BrNO2. The van der Waals surface area contributed by atoms with Crippen LogP contribution in [0.4, 0.5) is 0 Å². The Bertz CT molecular complexity index is 442. The molecule has 2 aliphatic rings. The van der Waals surface area contributed by atoms with Crippen LogP contribution in [0.25, 0.3) is 0 Å². The smallest absolute Gasteiger partial charge is 0.231 e. The van der Waals surface area contributed by atoms with Crippen molar-refractivity contribution < 1.29 is 9.47 Å². The summed E-state index contributed by atoms with van der Waals surface area (Å²) in [5.74, 6) is 1.75. The highest BCUT2D eigenvalue weighted by molar-refractivity contribution is 9.10. The Morgan fingerprint density at radius 3 is 2.88 bits per heavy atom. The third kappa shape index (κ3) is 1.93. The molecule has 1 unspecified atom stereocenters. The molecule has 1 aromatic carbocycles. The van der Waals surface area contributed by atoms with E-state index in [9.17, 15) is 0 Å². The summed E-state index contributed by atoms with van der Waals surface area (Å²) in [6.45, 7) is 3.55. The maximum Gasteiger partial charge on any atom is 0.231 e. The molecular weight excluding hydrogens is 282 g/mol. The molecule has 3 nitrogen and oxygen atoms in total. The first-order chi connectivity index (χ1) is 8.27. The van der Waals surface area contributed by atoms with Crippen LogP contribution in [-0.2, 0) is 0 Å². The summed E-state index contributed by atoms with van der Waals surface area (Å²) in [4.78, 5) is 0. The number of piperidine rings is 1. The Morgan fingerprint density at radius 1 is 1.29 bits per heavy atom. The van der Waals surface area contributed by atoms with Crippen molar-refractivity contribution in [3.05, 3.63) is 21.7 Å². The number of nitrogens with one attached hydrogen (secondary N) is 1. The Balaban J connectivity index is 2.02. The van der Waals surface area contributed by atoms with Crippen LogP contribution in [0.15, 0.2) is 10.5 Å². The highest BCUT2D eigenvalue weighted by Gasteiger charge is 2.25. The normalized spacial score (nSPS) is 22.8. The van der Waals surface area contributed by atoms with Crippen LogP contribution in [0.3, 0.4) is 0 Å². The zero-order valence-corrected chi connectivity index (χ0v) is 11.5. The predicted octanol–water partition coefficient (Wildman–Crippen LogP) is 3.30. The van der Waals surface area contributed by atoms with Gasteiger partial charge in [0, 0.05) is 6.04 Å². The maximum absolute atomic E-state index is 5.56. The molecule has 1 atom stereocenters. The molecule has 4 heteroatoms. The van der Waals surface area contributed by atoms with E-state index in [0.29, 0.717) is 12.8 Å². The van der Waals surface area contributed by atoms with Crippen LogP contribution in [0.1, 0.15) is 36.4 Å². The number of benzene rings is 1. The van der Waals surface area contributed by atoms with Gasteiger partial charge in [0.1, 0.15) is 0 Å². The van der Waals surface area contributed by atoms with Crippen LogP contribution in [-0.4, -0.2) is 13.3 Å². The average Bonchev–Trinajstić information content (AvgIpc) is 2.85. The lowest BCUT2D eigenvalue weighted by Gasteiger charge is -2.26. The fourth-order valence-electron chi connectivity index (χ4n) is 2.65. The summed E-state index contributed by atoms with van der Waals surface area (Å²) in [5.41, 5.74) is 2.54. The number of hydrogen-bond acceptors (Lipinski definition) is 3. The molecule has 0 spiro atoms. The van der Waals surface area contributed by atoms with Crippen LogP contribution < -0.4 is 14.8 Å². The van der Waals surface area contributed by atoms with Gasteiger partial charge in [-0.2, -0.15) is 0 Å². The summed E-state index contributed by atoms with van der Waals surface area (Å²) in [7, 11) is 0. The van der Waals surface area contributed by atoms with Gasteiger partial charge in [0.15, 0.2) is 11.5 Å². The van der Waals surface area contributed by atoms with E-state index in [2.05, 4.69) is 34.2 Å². The van der Waals surface area contributed by atoms with Gasteiger partial charge in [-0.25, -0.2) is 0 Å². The fourth-order valence-corrected chi connectivity index (χ4v) is 3.20. The van der Waals surface area contributed by atoms with E-state index in [1.165, 1.54) is 30.4 Å². The van der Waals surface area contributed by atoms with E-state index in [-0.39, 0.29) is 0 Å². The molecule has 1 fully saturated rings. The summed E-state index contributed by atoms with van der Waals surface area (Å²) in [6, 6.07) is 2.63. The number of halogens is 1. The van der Waals surface area contributed by atoms with Crippen molar-refractivity contribution in [1.82, 2.24) is 5.32 Å². The predicted molar refractivity (Wildman–Crippen MR) is 69.6 cm³/mol. The fraction of sp³-hybridized carbons (Fsp3) is 0.538. The van der Waals surface area contributed by atoms with Gasteiger partial charge in [-0.15, -0.1) is 0 Å². The van der Waals surface area contributed by atoms with Crippen molar-refractivity contribution in [2.45, 2.75) is 32.2 Å². The molecule has 1 saturated heterocycles. The van der Waals surface area contributed by atoms with Crippen molar-refractivity contribution in [2.75, 3.05) is 13.3 Å². The SMILES string of the molecule is Cc1c(C2CCCCN2)cc(Br)c2c1OCO2. The molecule has 0 saturated carbocycles. The van der Waals surface area contributed by atoms with Gasteiger partial charge in [0.25, 0.3) is 0 Å². The maximum atomic E-state index is 5.56. The quantitative estimate of drug-likeness (QED) is 0.863. The molecule has 0 aromatic heterocycles. The monoisotopic (exact) mass is 297 g/mol. The standard InChI is InChI=1S/C13H16BrNO2/c1-8-9(11-4-2-3-5-15-11)6-10(14)13-12(8)16-7-17-13/h6,11,15H,2-5,7H2,1H3. The lowest BCUT2D eigenvalue weighted by Crippen LogP contribution is -2.27. The topological polar surface area (TPSA) is 30.5 Å². The summed E-state index contributed by atoms with van der Waals surface area (Å²) in [6.07, 6.45) is 3.78. The largest absolute Gasteiger partial charge is 0.453 e. The van der Waals surface area contributed by atoms with E-state index < -0.39 is 0 Å². The second-order valence-electron chi connectivity index (χ2n) is 4.64. The zero-order chi connectivity index (χ0) is 11.8. The molecule has 2 aliphatic heterocycles. The Morgan fingerprint density at radius 2 is 2.12 bits per heavy atom. The molecule has 0 amide bonds. The molecule has 0 bridgehead atoms. The average molecular weight is 298 g/mol. The number of ether oxygens (including phenoxy) is 2. The first-order valence-corrected chi connectivity index (χ1v) is 6.88. The number of hydrogen-bond donors (Lipinski definition) is 1. The summed E-state index contributed by atoms with van der Waals surface area (Å²) < 4.78 is 12.0. The van der Waals surface area contributed by atoms with Gasteiger partial charge < -0.3 is 14.8 Å². The van der Waals surface area contributed by atoms with Crippen LogP contribution in [0.2, 0.25) is 0 Å². The third-order valence-electron chi connectivity index (χ3n) is 3.57. The van der Waals surface area contributed by atoms with Gasteiger partial charge >= 0.3 is 0 Å². The molecule has 92 valence electrons. The van der Waals surface area contributed by atoms with E-state index in [0.717, 1.165) is 22.5 Å². The Labute approximate surface area is 110 Å². The molecule has 3 rings (SSSR count). The zero-order valence-electron chi connectivity index (χ0n) is 9.88. The van der Waals surface area contributed by atoms with E-state index >= 15 is 0 Å². The van der Waals surface area contributed by atoms with Crippen LogP contribution in [0.5, 0.6) is 11.5 Å². The van der Waals surface area contributed by atoms with Crippen LogP contribution >= 0.6 is 15.9 Å². The van der Waals surface area contributed by atoms with Crippen molar-refractivity contribution in [3.8, 4) is 11.5 Å². The van der Waals surface area contributed by atoms with Crippen molar-refractivity contribution >= 4 is 15.9 Å². The second-order valence-corrected chi connectivity index (χ2v) is 5.49. The first kappa shape index (κ1) is 11.4. The number of fused-ring (bicyclic) bond motifs is 1.